The van der Waals surface area contributed by atoms with Gasteiger partial charge in [0, 0.05) is 29.7 Å². The summed E-state index contributed by atoms with van der Waals surface area (Å²) < 4.78 is 2.05. The summed E-state index contributed by atoms with van der Waals surface area (Å²) in [4.78, 5) is 39.4. The van der Waals surface area contributed by atoms with Crippen LogP contribution < -0.4 is 9.88 Å². The summed E-state index contributed by atoms with van der Waals surface area (Å²) in [5, 5.41) is 12.2. The fourth-order valence-corrected chi connectivity index (χ4v) is 5.78. The van der Waals surface area contributed by atoms with Gasteiger partial charge in [0.25, 0.3) is 5.91 Å². The van der Waals surface area contributed by atoms with E-state index in [1.54, 1.807) is 6.08 Å². The Bertz CT molecular complexity index is 1130. The van der Waals surface area contributed by atoms with Crippen LogP contribution in [0, 0.1) is 6.92 Å². The van der Waals surface area contributed by atoms with Crippen LogP contribution in [0.2, 0.25) is 0 Å². The van der Waals surface area contributed by atoms with Gasteiger partial charge in [0.1, 0.15) is 17.1 Å². The number of carboxylic acids is 1. The molecule has 0 radical (unpaired) electrons. The smallest absolute Gasteiger partial charge is 0.352 e. The van der Waals surface area contributed by atoms with E-state index in [-0.39, 0.29) is 23.3 Å². The van der Waals surface area contributed by atoms with Crippen LogP contribution in [0.4, 0.5) is 0 Å². The number of nitrogens with one attached hydrogen (secondary N) is 1. The summed E-state index contributed by atoms with van der Waals surface area (Å²) in [5.74, 6) is -1.12. The van der Waals surface area contributed by atoms with Gasteiger partial charge in [-0.05, 0) is 23.8 Å². The molecule has 4 rings (SSSR count). The molecule has 0 aliphatic carbocycles. The molecule has 2 N–H and O–H groups in total. The van der Waals surface area contributed by atoms with E-state index in [0.29, 0.717) is 17.9 Å². The number of carboxylic acid groups (broad SMARTS) is 1. The summed E-state index contributed by atoms with van der Waals surface area (Å²) in [5.41, 5.74) is 1.68. The van der Waals surface area contributed by atoms with E-state index in [0.717, 1.165) is 10.6 Å². The maximum atomic E-state index is 12.8. The highest BCUT2D eigenvalue weighted by Gasteiger charge is 2.53. The van der Waals surface area contributed by atoms with Crippen molar-refractivity contribution in [2.45, 2.75) is 29.8 Å². The van der Waals surface area contributed by atoms with Crippen molar-refractivity contribution in [2.24, 2.45) is 0 Å². The molecule has 33 heavy (non-hydrogen) atoms. The van der Waals surface area contributed by atoms with E-state index in [1.165, 1.54) is 28.4 Å². The Balaban J connectivity index is 1.40. The number of aliphatic carboxylic acids is 1. The van der Waals surface area contributed by atoms with Crippen molar-refractivity contribution in [3.63, 3.8) is 0 Å². The summed E-state index contributed by atoms with van der Waals surface area (Å²) in [6, 6.07) is 14.7. The third-order valence-electron chi connectivity index (χ3n) is 5.42. The molecule has 0 unspecified atom stereocenters. The third-order valence-corrected chi connectivity index (χ3v) is 7.73. The molecule has 7 nitrogen and oxygen atoms in total. The predicted molar refractivity (Wildman–Crippen MR) is 127 cm³/mol. The van der Waals surface area contributed by atoms with E-state index < -0.39 is 17.4 Å². The lowest BCUT2D eigenvalue weighted by atomic mass is 10.0. The molecule has 2 aliphatic rings. The SMILES string of the molecule is Cc1cccc[n+]1CC=CC1=C(C(=O)O)N2C(=O)[C@@H](NC(=O)CSc3ccccc3)[C@H]2SC1. The zero-order valence-electron chi connectivity index (χ0n) is 18.0. The molecular formula is C24H24N3O4S2+. The first-order valence-electron chi connectivity index (χ1n) is 10.5. The number of rotatable bonds is 8. The topological polar surface area (TPSA) is 90.6 Å². The second kappa shape index (κ2) is 10.3. The second-order valence-electron chi connectivity index (χ2n) is 7.63. The number of benzene rings is 1. The van der Waals surface area contributed by atoms with Gasteiger partial charge in [-0.2, -0.15) is 4.57 Å². The van der Waals surface area contributed by atoms with E-state index in [2.05, 4.69) is 5.32 Å². The molecule has 1 aromatic carbocycles. The molecule has 0 saturated carbocycles. The number of β-lactam (4-membered cyclic amide) rings is 1. The first kappa shape index (κ1) is 23.1. The van der Waals surface area contributed by atoms with Gasteiger partial charge in [0.2, 0.25) is 5.91 Å². The number of amides is 2. The van der Waals surface area contributed by atoms with E-state index in [4.69, 9.17) is 0 Å². The Morgan fingerprint density at radius 1 is 1.24 bits per heavy atom. The molecular weight excluding hydrogens is 458 g/mol. The van der Waals surface area contributed by atoms with Crippen molar-refractivity contribution in [1.29, 1.82) is 0 Å². The van der Waals surface area contributed by atoms with Crippen LogP contribution in [-0.4, -0.2) is 50.7 Å². The van der Waals surface area contributed by atoms with Crippen molar-refractivity contribution >= 4 is 41.3 Å². The van der Waals surface area contributed by atoms with Crippen LogP contribution >= 0.6 is 23.5 Å². The Kier molecular flexibility index (Phi) is 7.20. The molecule has 1 saturated heterocycles. The average molecular weight is 483 g/mol. The Morgan fingerprint density at radius 2 is 2.00 bits per heavy atom. The number of aryl methyl sites for hydroxylation is 1. The number of nitrogens with zero attached hydrogens (tertiary/aromatic N) is 2. The number of allylic oxidation sites excluding steroid dienone is 2. The molecule has 0 spiro atoms. The second-order valence-corrected chi connectivity index (χ2v) is 9.79. The van der Waals surface area contributed by atoms with E-state index in [9.17, 15) is 19.5 Å². The largest absolute Gasteiger partial charge is 0.477 e. The van der Waals surface area contributed by atoms with Crippen LogP contribution in [0.15, 0.2) is 83.0 Å². The van der Waals surface area contributed by atoms with Gasteiger partial charge in [-0.1, -0.05) is 30.3 Å². The van der Waals surface area contributed by atoms with Crippen LogP contribution in [0.25, 0.3) is 0 Å². The zero-order chi connectivity index (χ0) is 23.4. The number of fused-ring (bicyclic) bond motifs is 1. The number of pyridine rings is 1. The van der Waals surface area contributed by atoms with Gasteiger partial charge < -0.3 is 10.4 Å². The lowest BCUT2D eigenvalue weighted by Crippen LogP contribution is -2.70. The van der Waals surface area contributed by atoms with E-state index in [1.807, 2.05) is 72.3 Å². The first-order valence-corrected chi connectivity index (χ1v) is 12.5. The number of aromatic nitrogens is 1. The Labute approximate surface area is 200 Å². The molecule has 2 aromatic rings. The molecule has 3 heterocycles. The number of hydrogen-bond acceptors (Lipinski definition) is 5. The van der Waals surface area contributed by atoms with Crippen LogP contribution in [0.3, 0.4) is 0 Å². The zero-order valence-corrected chi connectivity index (χ0v) is 19.6. The Morgan fingerprint density at radius 3 is 2.73 bits per heavy atom. The van der Waals surface area contributed by atoms with Gasteiger partial charge in [-0.15, -0.1) is 23.5 Å². The minimum Gasteiger partial charge on any atom is -0.477 e. The summed E-state index contributed by atoms with van der Waals surface area (Å²) in [6.45, 7) is 2.60. The maximum absolute atomic E-state index is 12.8. The number of hydrogen-bond donors (Lipinski definition) is 2. The maximum Gasteiger partial charge on any atom is 0.352 e. The van der Waals surface area contributed by atoms with Gasteiger partial charge in [0.05, 0.1) is 5.75 Å². The molecule has 1 fully saturated rings. The summed E-state index contributed by atoms with van der Waals surface area (Å²) >= 11 is 2.86. The van der Waals surface area contributed by atoms with Crippen LogP contribution in [0.5, 0.6) is 0 Å². The minimum atomic E-state index is -1.14. The molecule has 0 bridgehead atoms. The number of thioether (sulfide) groups is 2. The molecule has 2 aliphatic heterocycles. The van der Waals surface area contributed by atoms with Gasteiger partial charge in [0.15, 0.2) is 18.4 Å². The first-order chi connectivity index (χ1) is 16.0. The highest BCUT2D eigenvalue weighted by Crippen LogP contribution is 2.40. The lowest BCUT2D eigenvalue weighted by molar-refractivity contribution is -0.693. The standard InChI is InChI=1S/C24H23N3O4S2/c1-16-8-5-6-12-26(16)13-7-9-17-14-33-23-20(22(29)27(23)21(17)24(30)31)25-19(28)15-32-18-10-3-2-4-11-18/h2-12,20,23H,13-15H2,1H3,(H-,25,28,30,31)/p+1/t20-,23-/m1/s1. The molecule has 2 amide bonds. The monoisotopic (exact) mass is 482 g/mol. The fourth-order valence-electron chi connectivity index (χ4n) is 3.73. The normalized spacial score (nSPS) is 19.9. The van der Waals surface area contributed by atoms with Gasteiger partial charge >= 0.3 is 5.97 Å². The van der Waals surface area contributed by atoms with Crippen molar-refractivity contribution in [2.75, 3.05) is 11.5 Å². The summed E-state index contributed by atoms with van der Waals surface area (Å²) in [7, 11) is 0. The molecule has 9 heteroatoms. The lowest BCUT2D eigenvalue weighted by Gasteiger charge is -2.49. The predicted octanol–water partition coefficient (Wildman–Crippen LogP) is 2.37. The number of carbonyl (C=O) groups is 3. The molecule has 2 atom stereocenters. The van der Waals surface area contributed by atoms with Crippen molar-refractivity contribution < 1.29 is 24.1 Å². The van der Waals surface area contributed by atoms with Crippen molar-refractivity contribution in [1.82, 2.24) is 10.2 Å². The fraction of sp³-hybridized carbons (Fsp3) is 0.250. The minimum absolute atomic E-state index is 0.000979. The molecule has 170 valence electrons. The third kappa shape index (κ3) is 5.15. The highest BCUT2D eigenvalue weighted by atomic mass is 32.2. The highest BCUT2D eigenvalue weighted by molar-refractivity contribution is 8.00. The van der Waals surface area contributed by atoms with Crippen LogP contribution in [0.1, 0.15) is 5.69 Å². The Hall–Kier alpha value is -3.04. The quantitative estimate of drug-likeness (QED) is 0.341. The molecule has 1 aromatic heterocycles. The van der Waals surface area contributed by atoms with Gasteiger partial charge in [-0.3, -0.25) is 14.5 Å². The van der Waals surface area contributed by atoms with Crippen molar-refractivity contribution in [3.05, 3.63) is 83.8 Å². The van der Waals surface area contributed by atoms with Crippen molar-refractivity contribution in [3.8, 4) is 0 Å². The summed E-state index contributed by atoms with van der Waals surface area (Å²) in [6.07, 6.45) is 5.64. The van der Waals surface area contributed by atoms with E-state index >= 15 is 0 Å². The average Bonchev–Trinajstić information content (AvgIpc) is 2.82. The van der Waals surface area contributed by atoms with Gasteiger partial charge in [-0.25, -0.2) is 4.79 Å². The number of carbonyl (C=O) groups excluding carboxylic acids is 2. The van der Waals surface area contributed by atoms with Crippen LogP contribution in [-0.2, 0) is 20.9 Å².